The number of benzene rings is 2. The summed E-state index contributed by atoms with van der Waals surface area (Å²) in [7, 11) is 0. The maximum atomic E-state index is 6.06. The van der Waals surface area contributed by atoms with Crippen molar-refractivity contribution in [3.05, 3.63) is 60.3 Å². The average Bonchev–Trinajstić information content (AvgIpc) is 2.54. The number of rotatable bonds is 4. The molecule has 1 heterocycles. The molecule has 0 radical (unpaired) electrons. The van der Waals surface area contributed by atoms with Gasteiger partial charge in [0.25, 0.3) is 0 Å². The zero-order chi connectivity index (χ0) is 14.7. The molecule has 2 N–H and O–H groups in total. The number of nitrogen functional groups attached to an aromatic ring is 1. The Labute approximate surface area is 124 Å². The van der Waals surface area contributed by atoms with Crippen molar-refractivity contribution in [1.82, 2.24) is 10.2 Å². The van der Waals surface area contributed by atoms with Crippen molar-refractivity contribution < 1.29 is 0 Å². The summed E-state index contributed by atoms with van der Waals surface area (Å²) in [5, 5.41) is 9.42. The van der Waals surface area contributed by atoms with Gasteiger partial charge in [-0.3, -0.25) is 0 Å². The molecule has 0 saturated carbocycles. The molecule has 0 aliphatic rings. The Morgan fingerprint density at radius 1 is 1.05 bits per heavy atom. The zero-order valence-electron chi connectivity index (χ0n) is 12.0. The van der Waals surface area contributed by atoms with E-state index in [0.29, 0.717) is 0 Å². The Balaban J connectivity index is 2.01. The van der Waals surface area contributed by atoms with E-state index in [2.05, 4.69) is 34.2 Å². The number of anilines is 2. The molecule has 4 nitrogen and oxygen atoms in total. The van der Waals surface area contributed by atoms with E-state index in [1.54, 1.807) is 0 Å². The SMILES string of the molecule is CCN(Cc1ccccc1N)c1cnnc2ccccc12. The topological polar surface area (TPSA) is 55.0 Å². The molecule has 106 valence electrons. The van der Waals surface area contributed by atoms with Gasteiger partial charge in [-0.2, -0.15) is 10.2 Å². The van der Waals surface area contributed by atoms with E-state index in [-0.39, 0.29) is 0 Å². The van der Waals surface area contributed by atoms with Gasteiger partial charge in [0, 0.05) is 24.2 Å². The van der Waals surface area contributed by atoms with Crippen LogP contribution in [0.25, 0.3) is 10.9 Å². The fourth-order valence-corrected chi connectivity index (χ4v) is 2.50. The Morgan fingerprint density at radius 2 is 1.81 bits per heavy atom. The predicted molar refractivity (Wildman–Crippen MR) is 87.1 cm³/mol. The molecule has 0 unspecified atom stereocenters. The van der Waals surface area contributed by atoms with Crippen LogP contribution in [-0.2, 0) is 6.54 Å². The first-order chi connectivity index (χ1) is 10.3. The van der Waals surface area contributed by atoms with Gasteiger partial charge in [-0.1, -0.05) is 36.4 Å². The molecule has 0 fully saturated rings. The number of aromatic nitrogens is 2. The van der Waals surface area contributed by atoms with Crippen molar-refractivity contribution in [2.24, 2.45) is 0 Å². The normalized spacial score (nSPS) is 10.7. The minimum atomic E-state index is 0.763. The third-order valence-corrected chi connectivity index (χ3v) is 3.66. The van der Waals surface area contributed by atoms with Crippen LogP contribution in [0.4, 0.5) is 11.4 Å². The second kappa shape index (κ2) is 5.79. The van der Waals surface area contributed by atoms with Gasteiger partial charge >= 0.3 is 0 Å². The van der Waals surface area contributed by atoms with Gasteiger partial charge in [0.1, 0.15) is 0 Å². The minimum absolute atomic E-state index is 0.763. The monoisotopic (exact) mass is 278 g/mol. The van der Waals surface area contributed by atoms with E-state index in [4.69, 9.17) is 5.73 Å². The summed E-state index contributed by atoms with van der Waals surface area (Å²) >= 11 is 0. The Kier molecular flexibility index (Phi) is 3.69. The number of hydrogen-bond acceptors (Lipinski definition) is 4. The molecule has 0 aliphatic heterocycles. The summed E-state index contributed by atoms with van der Waals surface area (Å²) < 4.78 is 0. The molecule has 0 spiro atoms. The van der Waals surface area contributed by atoms with Crippen molar-refractivity contribution in [3.8, 4) is 0 Å². The van der Waals surface area contributed by atoms with Crippen LogP contribution in [0.15, 0.2) is 54.7 Å². The second-order valence-corrected chi connectivity index (χ2v) is 4.96. The standard InChI is InChI=1S/C17H18N4/c1-2-21(12-13-7-3-5-9-15(13)18)17-11-19-20-16-10-6-4-8-14(16)17/h3-11H,2,12,18H2,1H3. The van der Waals surface area contributed by atoms with Gasteiger partial charge in [-0.15, -0.1) is 0 Å². The van der Waals surface area contributed by atoms with Crippen LogP contribution in [0.3, 0.4) is 0 Å². The molecular weight excluding hydrogens is 260 g/mol. The molecule has 21 heavy (non-hydrogen) atoms. The van der Waals surface area contributed by atoms with Gasteiger partial charge in [-0.05, 0) is 24.6 Å². The van der Waals surface area contributed by atoms with Crippen molar-refractivity contribution in [3.63, 3.8) is 0 Å². The van der Waals surface area contributed by atoms with E-state index in [1.807, 2.05) is 42.6 Å². The highest BCUT2D eigenvalue weighted by Crippen LogP contribution is 2.26. The summed E-state index contributed by atoms with van der Waals surface area (Å²) in [4.78, 5) is 2.27. The Hall–Kier alpha value is -2.62. The van der Waals surface area contributed by atoms with Gasteiger partial charge < -0.3 is 10.6 Å². The molecule has 3 aromatic rings. The maximum absolute atomic E-state index is 6.06. The molecule has 0 atom stereocenters. The highest BCUT2D eigenvalue weighted by Gasteiger charge is 2.11. The first-order valence-electron chi connectivity index (χ1n) is 7.08. The summed E-state index contributed by atoms with van der Waals surface area (Å²) in [6.45, 7) is 3.78. The molecule has 2 aromatic carbocycles. The molecule has 0 aliphatic carbocycles. The largest absolute Gasteiger partial charge is 0.398 e. The summed E-state index contributed by atoms with van der Waals surface area (Å²) in [5.74, 6) is 0. The molecule has 3 rings (SSSR count). The lowest BCUT2D eigenvalue weighted by Gasteiger charge is -2.24. The van der Waals surface area contributed by atoms with Crippen LogP contribution >= 0.6 is 0 Å². The Morgan fingerprint density at radius 3 is 2.62 bits per heavy atom. The van der Waals surface area contributed by atoms with Crippen molar-refractivity contribution in [2.75, 3.05) is 17.2 Å². The van der Waals surface area contributed by atoms with Crippen molar-refractivity contribution in [2.45, 2.75) is 13.5 Å². The molecule has 0 saturated heterocycles. The van der Waals surface area contributed by atoms with E-state index < -0.39 is 0 Å². The molecular formula is C17H18N4. The van der Waals surface area contributed by atoms with Crippen LogP contribution in [0.2, 0.25) is 0 Å². The molecule has 0 amide bonds. The number of fused-ring (bicyclic) bond motifs is 1. The molecule has 4 heteroatoms. The highest BCUT2D eigenvalue weighted by atomic mass is 15.2. The van der Waals surface area contributed by atoms with Gasteiger partial charge in [0.15, 0.2) is 0 Å². The molecule has 1 aromatic heterocycles. The van der Waals surface area contributed by atoms with Crippen LogP contribution in [0.5, 0.6) is 0 Å². The first kappa shape index (κ1) is 13.4. The lowest BCUT2D eigenvalue weighted by molar-refractivity contribution is 0.831. The second-order valence-electron chi connectivity index (χ2n) is 4.96. The highest BCUT2D eigenvalue weighted by molar-refractivity contribution is 5.90. The summed E-state index contributed by atoms with van der Waals surface area (Å²) in [6, 6.07) is 16.0. The van der Waals surface area contributed by atoms with Gasteiger partial charge in [0.05, 0.1) is 17.4 Å². The Bertz CT molecular complexity index is 749. The summed E-state index contributed by atoms with van der Waals surface area (Å²) in [6.07, 6.45) is 1.82. The van der Waals surface area contributed by atoms with E-state index in [9.17, 15) is 0 Å². The fraction of sp³-hybridized carbons (Fsp3) is 0.176. The van der Waals surface area contributed by atoms with Crippen LogP contribution in [0.1, 0.15) is 12.5 Å². The summed E-state index contributed by atoms with van der Waals surface area (Å²) in [5.41, 5.74) is 10.0. The quantitative estimate of drug-likeness (QED) is 0.744. The van der Waals surface area contributed by atoms with Gasteiger partial charge in [0.2, 0.25) is 0 Å². The van der Waals surface area contributed by atoms with Crippen molar-refractivity contribution >= 4 is 22.3 Å². The van der Waals surface area contributed by atoms with Crippen molar-refractivity contribution in [1.29, 1.82) is 0 Å². The lowest BCUT2D eigenvalue weighted by atomic mass is 10.1. The number of nitrogens with two attached hydrogens (primary N) is 1. The third-order valence-electron chi connectivity index (χ3n) is 3.66. The van der Waals surface area contributed by atoms with Gasteiger partial charge in [-0.25, -0.2) is 0 Å². The average molecular weight is 278 g/mol. The number of nitrogens with zero attached hydrogens (tertiary/aromatic N) is 3. The van der Waals surface area contributed by atoms with E-state index >= 15 is 0 Å². The smallest absolute Gasteiger partial charge is 0.0950 e. The van der Waals surface area contributed by atoms with E-state index in [0.717, 1.165) is 40.9 Å². The third kappa shape index (κ3) is 2.65. The van der Waals surface area contributed by atoms with Crippen LogP contribution in [-0.4, -0.2) is 16.7 Å². The van der Waals surface area contributed by atoms with Crippen LogP contribution in [0, 0.1) is 0 Å². The number of para-hydroxylation sites is 1. The minimum Gasteiger partial charge on any atom is -0.398 e. The maximum Gasteiger partial charge on any atom is 0.0950 e. The van der Waals surface area contributed by atoms with Crippen LogP contribution < -0.4 is 10.6 Å². The fourth-order valence-electron chi connectivity index (χ4n) is 2.50. The van der Waals surface area contributed by atoms with E-state index in [1.165, 1.54) is 0 Å². The predicted octanol–water partition coefficient (Wildman–Crippen LogP) is 3.24. The zero-order valence-corrected chi connectivity index (χ0v) is 12.0. The first-order valence-corrected chi connectivity index (χ1v) is 7.08. The lowest BCUT2D eigenvalue weighted by Crippen LogP contribution is -2.23. The molecule has 0 bridgehead atoms. The number of hydrogen-bond donors (Lipinski definition) is 1.